The third-order valence-electron chi connectivity index (χ3n) is 7.02. The van der Waals surface area contributed by atoms with Crippen molar-refractivity contribution >= 4 is 11.0 Å². The van der Waals surface area contributed by atoms with Crippen LogP contribution in [0.15, 0.2) is 55.1 Å². The maximum absolute atomic E-state index is 13.7. The summed E-state index contributed by atoms with van der Waals surface area (Å²) in [5.74, 6) is 0.282. The molecule has 3 N–H and O–H groups in total. The molecule has 36 heavy (non-hydrogen) atoms. The second-order valence-corrected chi connectivity index (χ2v) is 9.60. The molecule has 1 saturated carbocycles. The molecule has 5 aromatic rings. The lowest BCUT2D eigenvalue weighted by molar-refractivity contribution is 0.286. The molecule has 0 spiro atoms. The molecule has 182 valence electrons. The van der Waals surface area contributed by atoms with Gasteiger partial charge in [0.05, 0.1) is 34.3 Å². The summed E-state index contributed by atoms with van der Waals surface area (Å²) in [5, 5.41) is 11.8. The van der Waals surface area contributed by atoms with E-state index in [1.807, 2.05) is 35.3 Å². The van der Waals surface area contributed by atoms with Crippen LogP contribution in [0.5, 0.6) is 0 Å². The lowest BCUT2D eigenvalue weighted by Gasteiger charge is -2.25. The van der Waals surface area contributed by atoms with Crippen molar-refractivity contribution in [1.82, 2.24) is 34.9 Å². The number of halogens is 1. The van der Waals surface area contributed by atoms with Gasteiger partial charge in [0.25, 0.3) is 0 Å². The van der Waals surface area contributed by atoms with Crippen LogP contribution in [0.2, 0.25) is 0 Å². The number of aromatic amines is 1. The summed E-state index contributed by atoms with van der Waals surface area (Å²) in [5.41, 5.74) is 12.7. The number of aromatic nitrogens is 7. The van der Waals surface area contributed by atoms with Gasteiger partial charge in [0.1, 0.15) is 11.5 Å². The maximum Gasteiger partial charge on any atom is 0.144 e. The zero-order valence-electron chi connectivity index (χ0n) is 20.0. The predicted octanol–water partition coefficient (Wildman–Crippen LogP) is 4.91. The number of nitrogens with two attached hydrogens (primary N) is 1. The highest BCUT2D eigenvalue weighted by atomic mass is 19.1. The Balaban J connectivity index is 1.28. The van der Waals surface area contributed by atoms with Gasteiger partial charge in [-0.15, -0.1) is 0 Å². The number of pyridine rings is 3. The van der Waals surface area contributed by atoms with Crippen LogP contribution < -0.4 is 5.73 Å². The topological polar surface area (TPSA) is 111 Å². The van der Waals surface area contributed by atoms with E-state index in [-0.39, 0.29) is 5.82 Å². The molecule has 0 saturated heterocycles. The summed E-state index contributed by atoms with van der Waals surface area (Å²) >= 11 is 0. The Morgan fingerprint density at radius 3 is 2.67 bits per heavy atom. The number of fused-ring (bicyclic) bond motifs is 1. The molecule has 9 heteroatoms. The molecule has 5 heterocycles. The van der Waals surface area contributed by atoms with Gasteiger partial charge in [0.2, 0.25) is 0 Å². The Morgan fingerprint density at radius 2 is 1.83 bits per heavy atom. The molecule has 6 rings (SSSR count). The monoisotopic (exact) mass is 482 g/mol. The fourth-order valence-electron chi connectivity index (χ4n) is 4.92. The molecule has 0 aromatic carbocycles. The zero-order valence-corrected chi connectivity index (χ0v) is 20.0. The van der Waals surface area contributed by atoms with Crippen LogP contribution in [0.3, 0.4) is 0 Å². The van der Waals surface area contributed by atoms with E-state index in [1.165, 1.54) is 6.07 Å². The molecular weight excluding hydrogens is 455 g/mol. The predicted molar refractivity (Wildman–Crippen MR) is 136 cm³/mol. The molecule has 8 nitrogen and oxygen atoms in total. The van der Waals surface area contributed by atoms with E-state index in [2.05, 4.69) is 31.5 Å². The molecule has 0 atom stereocenters. The lowest BCUT2D eigenvalue weighted by atomic mass is 9.86. The van der Waals surface area contributed by atoms with Crippen LogP contribution >= 0.6 is 0 Å². The van der Waals surface area contributed by atoms with Crippen molar-refractivity contribution in [1.29, 1.82) is 0 Å². The van der Waals surface area contributed by atoms with E-state index < -0.39 is 0 Å². The fourth-order valence-corrected chi connectivity index (χ4v) is 4.92. The van der Waals surface area contributed by atoms with Crippen LogP contribution in [0, 0.1) is 18.7 Å². The van der Waals surface area contributed by atoms with Crippen molar-refractivity contribution in [3.05, 3.63) is 66.6 Å². The average Bonchev–Trinajstić information content (AvgIpc) is 3.57. The van der Waals surface area contributed by atoms with Crippen molar-refractivity contribution in [3.8, 4) is 33.8 Å². The number of H-pyrrole nitrogens is 1. The van der Waals surface area contributed by atoms with Crippen LogP contribution in [-0.2, 0) is 6.54 Å². The average molecular weight is 483 g/mol. The fraction of sp³-hybridized carbons (Fsp3) is 0.296. The standard InChI is InChI=1S/C27H27FN8/c1-16-22(28)6-7-25(33-16)27-21(13-31-35-27)23-8-9-24-26(34-23)10-18(11-30-24)19-12-32-36(15-19)14-17-2-4-20(29)5-3-17/h6-13,15,17,20H,2-5,14,29H2,1H3,(H,31,35)/t17-,20-. The van der Waals surface area contributed by atoms with E-state index in [0.29, 0.717) is 29.0 Å². The van der Waals surface area contributed by atoms with Crippen molar-refractivity contribution in [2.45, 2.75) is 45.2 Å². The zero-order chi connectivity index (χ0) is 24.6. The number of nitrogens with one attached hydrogen (secondary N) is 1. The van der Waals surface area contributed by atoms with Gasteiger partial charge in [0, 0.05) is 47.9 Å². The molecule has 0 unspecified atom stereocenters. The normalized spacial score (nSPS) is 18.1. The van der Waals surface area contributed by atoms with Gasteiger partial charge in [-0.25, -0.2) is 14.4 Å². The maximum atomic E-state index is 13.7. The third kappa shape index (κ3) is 4.37. The summed E-state index contributed by atoms with van der Waals surface area (Å²) in [4.78, 5) is 13.9. The van der Waals surface area contributed by atoms with Crippen molar-refractivity contribution in [3.63, 3.8) is 0 Å². The Hall–Kier alpha value is -3.98. The van der Waals surface area contributed by atoms with Gasteiger partial charge in [0.15, 0.2) is 0 Å². The molecule has 1 fully saturated rings. The van der Waals surface area contributed by atoms with Gasteiger partial charge in [-0.1, -0.05) is 0 Å². The number of hydrogen-bond donors (Lipinski definition) is 2. The number of hydrogen-bond acceptors (Lipinski definition) is 6. The van der Waals surface area contributed by atoms with Crippen LogP contribution in [0.1, 0.15) is 31.4 Å². The number of rotatable bonds is 5. The quantitative estimate of drug-likeness (QED) is 0.368. The molecule has 1 aliphatic carbocycles. The first-order chi connectivity index (χ1) is 17.5. The third-order valence-corrected chi connectivity index (χ3v) is 7.02. The molecular formula is C27H27FN8. The Bertz CT molecular complexity index is 1530. The smallest absolute Gasteiger partial charge is 0.144 e. The van der Waals surface area contributed by atoms with E-state index in [1.54, 1.807) is 19.2 Å². The minimum absolute atomic E-state index is 0.328. The van der Waals surface area contributed by atoms with Crippen molar-refractivity contribution in [2.75, 3.05) is 0 Å². The first-order valence-corrected chi connectivity index (χ1v) is 12.3. The van der Waals surface area contributed by atoms with E-state index in [9.17, 15) is 4.39 Å². The number of nitrogens with zero attached hydrogens (tertiary/aromatic N) is 6. The summed E-state index contributed by atoms with van der Waals surface area (Å²) in [6.45, 7) is 2.55. The number of aryl methyl sites for hydroxylation is 1. The minimum Gasteiger partial charge on any atom is -0.328 e. The second kappa shape index (κ2) is 9.23. The molecule has 0 radical (unpaired) electrons. The molecule has 0 amide bonds. The van der Waals surface area contributed by atoms with Gasteiger partial charge < -0.3 is 5.73 Å². The van der Waals surface area contributed by atoms with Crippen molar-refractivity contribution in [2.24, 2.45) is 11.7 Å². The SMILES string of the molecule is Cc1nc(-c2n[nH]cc2-c2ccc3ncc(-c4cnn(C[C@H]5CC[C@H](N)CC5)c4)cc3n2)ccc1F. The van der Waals surface area contributed by atoms with Gasteiger partial charge >= 0.3 is 0 Å². The Kier molecular flexibility index (Phi) is 5.77. The Labute approximate surface area is 207 Å². The summed E-state index contributed by atoms with van der Waals surface area (Å²) in [6, 6.07) is 9.27. The summed E-state index contributed by atoms with van der Waals surface area (Å²) in [7, 11) is 0. The highest BCUT2D eigenvalue weighted by molar-refractivity contribution is 5.84. The van der Waals surface area contributed by atoms with E-state index in [0.717, 1.165) is 65.6 Å². The second-order valence-electron chi connectivity index (χ2n) is 9.60. The summed E-state index contributed by atoms with van der Waals surface area (Å²) < 4.78 is 15.8. The van der Waals surface area contributed by atoms with Gasteiger partial charge in [-0.2, -0.15) is 10.2 Å². The molecule has 5 aromatic heterocycles. The van der Waals surface area contributed by atoms with Crippen LogP contribution in [0.25, 0.3) is 44.8 Å². The molecule has 1 aliphatic rings. The molecule has 0 bridgehead atoms. The van der Waals surface area contributed by atoms with Crippen LogP contribution in [0.4, 0.5) is 4.39 Å². The van der Waals surface area contributed by atoms with E-state index >= 15 is 0 Å². The Morgan fingerprint density at radius 1 is 1.00 bits per heavy atom. The van der Waals surface area contributed by atoms with Crippen molar-refractivity contribution < 1.29 is 4.39 Å². The van der Waals surface area contributed by atoms with Gasteiger partial charge in [-0.3, -0.25) is 14.8 Å². The van der Waals surface area contributed by atoms with Crippen LogP contribution in [-0.4, -0.2) is 41.0 Å². The molecule has 0 aliphatic heterocycles. The minimum atomic E-state index is -0.343. The summed E-state index contributed by atoms with van der Waals surface area (Å²) in [6.07, 6.45) is 12.1. The van der Waals surface area contributed by atoms with Gasteiger partial charge in [-0.05, 0) is 68.9 Å². The highest BCUT2D eigenvalue weighted by Gasteiger charge is 2.19. The van der Waals surface area contributed by atoms with E-state index in [4.69, 9.17) is 10.7 Å². The largest absolute Gasteiger partial charge is 0.328 e. The first-order valence-electron chi connectivity index (χ1n) is 12.3. The lowest BCUT2D eigenvalue weighted by Crippen LogP contribution is -2.28. The first kappa shape index (κ1) is 22.5. The highest BCUT2D eigenvalue weighted by Crippen LogP contribution is 2.31.